The third kappa shape index (κ3) is 3.14. The summed E-state index contributed by atoms with van der Waals surface area (Å²) in [7, 11) is 0. The number of alkyl halides is 3. The molecule has 1 amide bonds. The van der Waals surface area contributed by atoms with E-state index in [0.717, 1.165) is 0 Å². The fourth-order valence-corrected chi connectivity index (χ4v) is 0.739. The Labute approximate surface area is 68.2 Å². The zero-order chi connectivity index (χ0) is 7.44. The van der Waals surface area contributed by atoms with Crippen LogP contribution in [0.3, 0.4) is 0 Å². The maximum atomic E-state index is 10.2. The van der Waals surface area contributed by atoms with Crippen LogP contribution in [-0.2, 0) is 4.79 Å². The van der Waals surface area contributed by atoms with Gasteiger partial charge in [0.1, 0.15) is 5.38 Å². The number of halogens is 3. The molecule has 0 rings (SSSR count). The predicted octanol–water partition coefficient (Wildman–Crippen LogP) is 0.925. The van der Waals surface area contributed by atoms with Crippen molar-refractivity contribution in [2.75, 3.05) is 5.88 Å². The monoisotopic (exact) mass is 189 g/mol. The molecule has 0 aliphatic heterocycles. The van der Waals surface area contributed by atoms with E-state index in [2.05, 4.69) is 0 Å². The second-order valence-corrected chi connectivity index (χ2v) is 2.81. The van der Waals surface area contributed by atoms with Gasteiger partial charge < -0.3 is 5.73 Å². The van der Waals surface area contributed by atoms with E-state index in [1.54, 1.807) is 0 Å². The van der Waals surface area contributed by atoms with E-state index >= 15 is 0 Å². The van der Waals surface area contributed by atoms with Crippen molar-refractivity contribution in [1.29, 1.82) is 0 Å². The summed E-state index contributed by atoms with van der Waals surface area (Å²) >= 11 is 16.1. The molecule has 0 spiro atoms. The van der Waals surface area contributed by atoms with Crippen LogP contribution >= 0.6 is 34.8 Å². The topological polar surface area (TPSA) is 43.1 Å². The van der Waals surface area contributed by atoms with Gasteiger partial charge in [-0.2, -0.15) is 0 Å². The first-order valence-corrected chi connectivity index (χ1v) is 3.63. The molecule has 2 nitrogen and oxygen atoms in total. The van der Waals surface area contributed by atoms with Crippen molar-refractivity contribution in [1.82, 2.24) is 0 Å². The zero-order valence-corrected chi connectivity index (χ0v) is 6.75. The van der Waals surface area contributed by atoms with Crippen molar-refractivity contribution in [3.63, 3.8) is 0 Å². The summed E-state index contributed by atoms with van der Waals surface area (Å²) in [5.41, 5.74) is 4.80. The predicted molar refractivity (Wildman–Crippen MR) is 39.2 cm³/mol. The summed E-state index contributed by atoms with van der Waals surface area (Å²) in [5, 5.41) is -1.45. The van der Waals surface area contributed by atoms with Crippen molar-refractivity contribution in [3.05, 3.63) is 0 Å². The quantitative estimate of drug-likeness (QED) is 0.661. The minimum Gasteiger partial charge on any atom is -0.368 e. The second kappa shape index (κ2) is 4.20. The van der Waals surface area contributed by atoms with Crippen LogP contribution in [0.15, 0.2) is 0 Å². The number of hydrogen-bond donors (Lipinski definition) is 1. The fourth-order valence-electron chi connectivity index (χ4n) is 0.256. The Balaban J connectivity index is 3.72. The molecule has 0 radical (unpaired) electrons. The third-order valence-electron chi connectivity index (χ3n) is 0.737. The number of rotatable bonds is 3. The molecule has 2 N–H and O–H groups in total. The van der Waals surface area contributed by atoms with Gasteiger partial charge in [0.15, 0.2) is 0 Å². The van der Waals surface area contributed by atoms with Crippen molar-refractivity contribution < 1.29 is 4.79 Å². The lowest BCUT2D eigenvalue weighted by Gasteiger charge is -2.07. The van der Waals surface area contributed by atoms with Gasteiger partial charge in [0, 0.05) is 5.88 Å². The lowest BCUT2D eigenvalue weighted by Crippen LogP contribution is -2.32. The standard InChI is InChI=1S/C4H6Cl3NO/c5-1-2(6)3(7)4(8)9/h2-3H,1H2,(H2,8,9). The highest BCUT2D eigenvalue weighted by Gasteiger charge is 2.20. The van der Waals surface area contributed by atoms with E-state index in [1.807, 2.05) is 0 Å². The van der Waals surface area contributed by atoms with Gasteiger partial charge in [-0.1, -0.05) is 0 Å². The number of carbonyl (C=O) groups excluding carboxylic acids is 1. The van der Waals surface area contributed by atoms with Crippen LogP contribution in [0.2, 0.25) is 0 Å². The Morgan fingerprint density at radius 1 is 1.56 bits per heavy atom. The maximum absolute atomic E-state index is 10.2. The number of carbonyl (C=O) groups is 1. The van der Waals surface area contributed by atoms with Crippen molar-refractivity contribution in [2.45, 2.75) is 10.8 Å². The van der Waals surface area contributed by atoms with Crippen molar-refractivity contribution in [3.8, 4) is 0 Å². The lowest BCUT2D eigenvalue weighted by atomic mass is 10.3. The Morgan fingerprint density at radius 2 is 2.00 bits per heavy atom. The summed E-state index contributed by atoms with van der Waals surface area (Å²) < 4.78 is 0. The lowest BCUT2D eigenvalue weighted by molar-refractivity contribution is -0.117. The molecular formula is C4H6Cl3NO. The summed E-state index contributed by atoms with van der Waals surface area (Å²) in [6.45, 7) is 0. The van der Waals surface area contributed by atoms with Gasteiger partial charge in [-0.25, -0.2) is 0 Å². The third-order valence-corrected chi connectivity index (χ3v) is 2.28. The van der Waals surface area contributed by atoms with Gasteiger partial charge in [-0.3, -0.25) is 4.79 Å². The summed E-state index contributed by atoms with van der Waals surface area (Å²) in [6, 6.07) is 0. The van der Waals surface area contributed by atoms with Gasteiger partial charge in [0.05, 0.1) is 5.38 Å². The average Bonchev–Trinajstić information content (AvgIpc) is 1.84. The van der Waals surface area contributed by atoms with E-state index in [-0.39, 0.29) is 5.88 Å². The van der Waals surface area contributed by atoms with Crippen molar-refractivity contribution >= 4 is 40.7 Å². The minimum atomic E-state index is -0.871. The maximum Gasteiger partial charge on any atom is 0.237 e. The number of hydrogen-bond acceptors (Lipinski definition) is 1. The molecule has 2 atom stereocenters. The van der Waals surface area contributed by atoms with Gasteiger partial charge in [-0.15, -0.1) is 34.8 Å². The molecule has 0 bridgehead atoms. The molecule has 9 heavy (non-hydrogen) atoms. The van der Waals surface area contributed by atoms with Crippen LogP contribution in [0, 0.1) is 0 Å². The highest BCUT2D eigenvalue weighted by molar-refractivity contribution is 6.39. The molecule has 5 heteroatoms. The normalized spacial score (nSPS) is 16.8. The van der Waals surface area contributed by atoms with Gasteiger partial charge in [-0.05, 0) is 0 Å². The smallest absolute Gasteiger partial charge is 0.237 e. The largest absolute Gasteiger partial charge is 0.368 e. The van der Waals surface area contributed by atoms with Gasteiger partial charge in [0.25, 0.3) is 0 Å². The Bertz CT molecular complexity index is 108. The van der Waals surface area contributed by atoms with Crippen LogP contribution in [-0.4, -0.2) is 22.5 Å². The fraction of sp³-hybridized carbons (Fsp3) is 0.750. The Kier molecular flexibility index (Phi) is 4.36. The van der Waals surface area contributed by atoms with E-state index in [0.29, 0.717) is 0 Å². The first-order valence-electron chi connectivity index (χ1n) is 2.23. The molecule has 0 saturated carbocycles. The van der Waals surface area contributed by atoms with E-state index in [4.69, 9.17) is 40.5 Å². The molecule has 0 aromatic heterocycles. The number of nitrogens with two attached hydrogens (primary N) is 1. The molecule has 54 valence electrons. The van der Waals surface area contributed by atoms with E-state index in [9.17, 15) is 4.79 Å². The van der Waals surface area contributed by atoms with Gasteiger partial charge >= 0.3 is 0 Å². The Morgan fingerprint density at radius 3 is 2.11 bits per heavy atom. The molecule has 0 aromatic carbocycles. The molecule has 0 aliphatic rings. The molecule has 0 aromatic rings. The first kappa shape index (κ1) is 9.34. The average molecular weight is 190 g/mol. The van der Waals surface area contributed by atoms with Crippen LogP contribution in [0.25, 0.3) is 0 Å². The van der Waals surface area contributed by atoms with Crippen molar-refractivity contribution in [2.24, 2.45) is 5.73 Å². The second-order valence-electron chi connectivity index (χ2n) is 1.47. The Hall–Kier alpha value is 0.340. The minimum absolute atomic E-state index is 0.124. The zero-order valence-electron chi connectivity index (χ0n) is 4.48. The molecule has 0 saturated heterocycles. The highest BCUT2D eigenvalue weighted by atomic mass is 35.5. The first-order chi connectivity index (χ1) is 4.09. The van der Waals surface area contributed by atoms with E-state index in [1.165, 1.54) is 0 Å². The molecule has 0 fully saturated rings. The van der Waals surface area contributed by atoms with Crippen LogP contribution in [0.5, 0.6) is 0 Å². The number of primary amides is 1. The van der Waals surface area contributed by atoms with Gasteiger partial charge in [0.2, 0.25) is 5.91 Å². The molecule has 2 unspecified atom stereocenters. The molecular weight excluding hydrogens is 184 g/mol. The SMILES string of the molecule is NC(=O)C(Cl)C(Cl)CCl. The van der Waals surface area contributed by atoms with Crippen LogP contribution < -0.4 is 5.73 Å². The summed E-state index contributed by atoms with van der Waals surface area (Å²) in [4.78, 5) is 10.2. The van der Waals surface area contributed by atoms with Crippen LogP contribution in [0.1, 0.15) is 0 Å². The van der Waals surface area contributed by atoms with Crippen LogP contribution in [0.4, 0.5) is 0 Å². The molecule has 0 heterocycles. The number of amides is 1. The molecule has 0 aliphatic carbocycles. The summed E-state index contributed by atoms with van der Waals surface area (Å²) in [6.07, 6.45) is 0. The summed E-state index contributed by atoms with van der Waals surface area (Å²) in [5.74, 6) is -0.518. The highest BCUT2D eigenvalue weighted by Crippen LogP contribution is 2.10. The van der Waals surface area contributed by atoms with E-state index < -0.39 is 16.7 Å².